The quantitative estimate of drug-likeness (QED) is 0.0178. The fourth-order valence-electron chi connectivity index (χ4n) is 11.9. The van der Waals surface area contributed by atoms with Gasteiger partial charge in [-0.2, -0.15) is 23.5 Å². The molecule has 3 aliphatic rings. The number of carbonyl (C=O) groups is 8. The van der Waals surface area contributed by atoms with E-state index in [2.05, 4.69) is 79.4 Å². The second kappa shape index (κ2) is 42.9. The minimum atomic E-state index is -4.24. The second-order valence-corrected chi connectivity index (χ2v) is 29.1. The zero-order chi connectivity index (χ0) is 68.5. The van der Waals surface area contributed by atoms with Gasteiger partial charge in [-0.1, -0.05) is 145 Å². The molecule has 1 fully saturated rings. The van der Waals surface area contributed by atoms with Gasteiger partial charge >= 0.3 is 12.9 Å². The number of likely N-dealkylation sites (tertiary alicyclic amines) is 1. The van der Waals surface area contributed by atoms with Crippen molar-refractivity contribution in [3.8, 4) is 0 Å². The SMILES string of the molecule is CCCCCCCCCCCCCCCC(=O)SC[C@H](NC(=O)CNC(=O)CCC1=[N+]2C(=Cc3c(C)cc(C)n3[B-]2(F)F)C=C1)C(=O)N[C@@H](CCSC)C(=O)N[C@@H](CC(C)C)C(=O)N1CCC[C@H]1C(=O)N[C@@H](CSC/C=C(\C)CC/C=C(\C)CCC=C(C)C)C(=O)OC. The van der Waals surface area contributed by atoms with E-state index in [4.69, 9.17) is 4.74 Å². The van der Waals surface area contributed by atoms with Crippen molar-refractivity contribution < 1.29 is 56.2 Å². The van der Waals surface area contributed by atoms with Crippen LogP contribution in [0.5, 0.6) is 0 Å². The summed E-state index contributed by atoms with van der Waals surface area (Å²) in [6.07, 6.45) is 33.5. The standard InChI is InChI=1S/C70H111BF2N8O9S3/c1-12-13-14-15-16-17-18-19-20-21-22-23-24-33-65(84)93-48-59(75-64(83)46-74-63(82)37-36-55-34-35-56-45-62-53(8)44-54(9)80(62)71(72,73)81(55)56)67(86)76-57(39-41-91-11)66(85)77-58(43-50(4)5)69(88)79-40-27-32-61(79)68(87)78-60(70(89)90-10)47-92-42-38-52(7)31-26-30-51(6)29-25-28-49(2)3/h28,30,34-35,38,44-45,50,57-61H,12-27,29,31-33,36-37,39-43,46-48H2,1-11H3,(H,74,82)(H,75,83)(H,76,86)(H,77,85)(H,78,87)/b51-30+,52-38+/t57-,58-,59-,60-,61-/m0/s1. The predicted octanol–water partition coefficient (Wildman–Crippen LogP) is 12.4. The molecule has 0 unspecified atom stereocenters. The van der Waals surface area contributed by atoms with Crippen LogP contribution < -0.4 is 26.6 Å². The number of nitrogens with zero attached hydrogens (tertiary/aromatic N) is 3. The fourth-order valence-corrected chi connectivity index (χ4v) is 14.3. The topological polar surface area (TPSA) is 217 Å². The molecule has 4 rings (SSSR count). The Labute approximate surface area is 567 Å². The van der Waals surface area contributed by atoms with Gasteiger partial charge in [0, 0.05) is 67.0 Å². The van der Waals surface area contributed by atoms with Crippen molar-refractivity contribution in [3.05, 3.63) is 75.8 Å². The smallest absolute Gasteiger partial charge is 0.467 e. The van der Waals surface area contributed by atoms with Crippen molar-refractivity contribution in [1.82, 2.24) is 36.0 Å². The van der Waals surface area contributed by atoms with Gasteiger partial charge in [0.1, 0.15) is 35.9 Å². The van der Waals surface area contributed by atoms with Crippen molar-refractivity contribution >= 4 is 101 Å². The molecule has 0 spiro atoms. The van der Waals surface area contributed by atoms with Crippen molar-refractivity contribution in [2.45, 2.75) is 247 Å². The summed E-state index contributed by atoms with van der Waals surface area (Å²) in [6.45, 7) is 13.3. The predicted molar refractivity (Wildman–Crippen MR) is 379 cm³/mol. The highest BCUT2D eigenvalue weighted by Crippen LogP contribution is 2.35. The number of unbranched alkanes of at least 4 members (excludes halogenated alkanes) is 12. The molecular weight excluding hydrogens is 1240 g/mol. The minimum absolute atomic E-state index is 0.0423. The van der Waals surface area contributed by atoms with Crippen molar-refractivity contribution in [2.75, 3.05) is 49.5 Å². The van der Waals surface area contributed by atoms with Gasteiger partial charge in [0.15, 0.2) is 10.8 Å². The Morgan fingerprint density at radius 3 is 2.00 bits per heavy atom. The van der Waals surface area contributed by atoms with Crippen LogP contribution in [0, 0.1) is 19.8 Å². The van der Waals surface area contributed by atoms with Crippen molar-refractivity contribution in [1.29, 1.82) is 0 Å². The van der Waals surface area contributed by atoms with E-state index in [9.17, 15) is 38.4 Å². The van der Waals surface area contributed by atoms with Crippen LogP contribution in [0.25, 0.3) is 6.08 Å². The number of nitrogens with one attached hydrogen (secondary N) is 5. The third kappa shape index (κ3) is 28.1. The summed E-state index contributed by atoms with van der Waals surface area (Å²) in [5.74, 6) is -3.33. The normalized spacial score (nSPS) is 16.4. The molecule has 6 amide bonds. The lowest BCUT2D eigenvalue weighted by molar-refractivity contribution is -0.362. The number of hydrogen-bond donors (Lipinski definition) is 5. The summed E-state index contributed by atoms with van der Waals surface area (Å²) in [5, 5.41) is 13.6. The van der Waals surface area contributed by atoms with Gasteiger partial charge in [0.05, 0.1) is 13.7 Å². The van der Waals surface area contributed by atoms with Crippen LogP contribution >= 0.6 is 35.3 Å². The number of rotatable bonds is 45. The number of aryl methyl sites for hydroxylation is 2. The maximum atomic E-state index is 16.1. The Bertz CT molecular complexity index is 2850. The highest BCUT2D eigenvalue weighted by atomic mass is 32.2. The van der Waals surface area contributed by atoms with E-state index in [-0.39, 0.29) is 66.9 Å². The molecule has 5 atom stereocenters. The molecule has 0 bridgehead atoms. The maximum Gasteiger partial charge on any atom is 0.737 e. The van der Waals surface area contributed by atoms with Gasteiger partial charge in [-0.25, -0.2) is 4.79 Å². The first-order valence-electron chi connectivity index (χ1n) is 34.2. The Morgan fingerprint density at radius 1 is 0.742 bits per heavy atom. The number of methoxy groups -OCH3 is 1. The number of esters is 1. The molecule has 3 aliphatic heterocycles. The summed E-state index contributed by atoms with van der Waals surface area (Å²) < 4.78 is 39.3. The number of allylic oxidation sites excluding steroid dienone is 7. The zero-order valence-electron chi connectivity index (χ0n) is 57.8. The number of fused-ring (bicyclic) bond motifs is 2. The van der Waals surface area contributed by atoms with Crippen LogP contribution in [-0.2, 0) is 43.1 Å². The summed E-state index contributed by atoms with van der Waals surface area (Å²) in [6, 6.07) is -3.81. The Kier molecular flexibility index (Phi) is 36.9. The van der Waals surface area contributed by atoms with Crippen LogP contribution in [0.15, 0.2) is 58.9 Å². The number of carbonyl (C=O) groups excluding carboxylic acids is 8. The lowest BCUT2D eigenvalue weighted by Gasteiger charge is -2.31. The van der Waals surface area contributed by atoms with Gasteiger partial charge < -0.3 is 53.8 Å². The van der Waals surface area contributed by atoms with E-state index >= 15 is 8.63 Å². The molecule has 1 aromatic rings. The Hall–Kier alpha value is -5.42. The highest BCUT2D eigenvalue weighted by molar-refractivity contribution is 8.13. The van der Waals surface area contributed by atoms with Crippen LogP contribution in [0.2, 0.25) is 0 Å². The van der Waals surface area contributed by atoms with Crippen molar-refractivity contribution in [3.63, 3.8) is 0 Å². The lowest BCUT2D eigenvalue weighted by atomic mass is 9.90. The van der Waals surface area contributed by atoms with Crippen LogP contribution in [0.1, 0.15) is 220 Å². The maximum absolute atomic E-state index is 16.1. The molecule has 17 nitrogen and oxygen atoms in total. The molecule has 0 aliphatic carbocycles. The highest BCUT2D eigenvalue weighted by Gasteiger charge is 2.52. The first-order chi connectivity index (χ1) is 44.4. The molecule has 520 valence electrons. The molecule has 5 N–H and O–H groups in total. The first kappa shape index (κ1) is 80.0. The summed E-state index contributed by atoms with van der Waals surface area (Å²) in [7, 11) is 1.26. The first-order valence-corrected chi connectivity index (χ1v) is 37.7. The summed E-state index contributed by atoms with van der Waals surface area (Å²) in [4.78, 5) is 112. The largest absolute Gasteiger partial charge is 0.737 e. The molecule has 23 heteroatoms. The van der Waals surface area contributed by atoms with E-state index in [1.54, 1.807) is 38.1 Å². The van der Waals surface area contributed by atoms with E-state index in [0.717, 1.165) is 77.7 Å². The third-order valence-electron chi connectivity index (χ3n) is 17.2. The number of hydrogen-bond acceptors (Lipinski definition) is 12. The number of thioether (sulfide) groups is 3. The Balaban J connectivity index is 1.41. The minimum Gasteiger partial charge on any atom is -0.467 e. The van der Waals surface area contributed by atoms with Gasteiger partial charge in [-0.15, -0.1) is 0 Å². The van der Waals surface area contributed by atoms with E-state index in [1.165, 1.54) is 104 Å². The van der Waals surface area contributed by atoms with Gasteiger partial charge in [-0.05, 0) is 135 Å². The molecule has 0 aromatic carbocycles. The fraction of sp³-hybridized carbons (Fsp3) is 0.671. The number of halogens is 2. The zero-order valence-corrected chi connectivity index (χ0v) is 60.2. The van der Waals surface area contributed by atoms with Gasteiger partial charge in [0.25, 0.3) is 0 Å². The van der Waals surface area contributed by atoms with E-state index in [0.29, 0.717) is 47.9 Å². The molecule has 0 saturated carbocycles. The van der Waals surface area contributed by atoms with Crippen molar-refractivity contribution in [2.24, 2.45) is 5.92 Å². The average Bonchev–Trinajstić information content (AvgIpc) is 1.60. The number of aromatic nitrogens is 1. The van der Waals surface area contributed by atoms with Crippen LogP contribution in [0.3, 0.4) is 0 Å². The molecule has 0 radical (unpaired) electrons. The number of amides is 6. The summed E-state index contributed by atoms with van der Waals surface area (Å²) in [5.41, 5.74) is 6.07. The summed E-state index contributed by atoms with van der Waals surface area (Å²) >= 11 is 3.82. The van der Waals surface area contributed by atoms with Gasteiger partial charge in [-0.3, -0.25) is 33.6 Å². The molecule has 1 saturated heterocycles. The second-order valence-electron chi connectivity index (χ2n) is 26.0. The monoisotopic (exact) mass is 1350 g/mol. The third-order valence-corrected chi connectivity index (χ3v) is 19.8. The van der Waals surface area contributed by atoms with E-state index in [1.807, 2.05) is 20.1 Å². The molecule has 4 heterocycles. The average molecular weight is 1350 g/mol. The molecule has 1 aromatic heterocycles. The lowest BCUT2D eigenvalue weighted by Crippen LogP contribution is -2.59. The molecular formula is C70H111BF2N8O9S3. The molecule has 93 heavy (non-hydrogen) atoms. The van der Waals surface area contributed by atoms with Crippen LogP contribution in [-0.4, -0.2) is 153 Å². The van der Waals surface area contributed by atoms with Crippen LogP contribution in [0.4, 0.5) is 8.63 Å². The van der Waals surface area contributed by atoms with Gasteiger partial charge in [0.2, 0.25) is 35.4 Å². The van der Waals surface area contributed by atoms with E-state index < -0.39 is 85.1 Å². The number of ether oxygens (including phenoxy) is 1. The Morgan fingerprint density at radius 2 is 1.37 bits per heavy atom.